The highest BCUT2D eigenvalue weighted by Gasteiger charge is 2.33. The van der Waals surface area contributed by atoms with Crippen LogP contribution < -0.4 is 5.32 Å². The lowest BCUT2D eigenvalue weighted by Gasteiger charge is -2.31. The molecule has 2 atom stereocenters. The lowest BCUT2D eigenvalue weighted by Crippen LogP contribution is -2.46. The zero-order valence-electron chi connectivity index (χ0n) is 8.25. The van der Waals surface area contributed by atoms with E-state index < -0.39 is 0 Å². The summed E-state index contributed by atoms with van der Waals surface area (Å²) in [6.45, 7) is 5.14. The Bertz CT molecular complexity index is 199. The summed E-state index contributed by atoms with van der Waals surface area (Å²) >= 11 is 0. The molecule has 13 heavy (non-hydrogen) atoms. The predicted octanol–water partition coefficient (Wildman–Crippen LogP) is 0.607. The van der Waals surface area contributed by atoms with E-state index in [9.17, 15) is 4.79 Å². The summed E-state index contributed by atoms with van der Waals surface area (Å²) in [7, 11) is 0. The normalized spacial score (nSPS) is 35.5. The Morgan fingerprint density at radius 1 is 1.46 bits per heavy atom. The van der Waals surface area contributed by atoms with Gasteiger partial charge in [-0.25, -0.2) is 0 Å². The van der Waals surface area contributed by atoms with E-state index in [-0.39, 0.29) is 5.92 Å². The topological polar surface area (TPSA) is 32.3 Å². The maximum absolute atomic E-state index is 11.7. The van der Waals surface area contributed by atoms with Crippen molar-refractivity contribution in [2.45, 2.75) is 32.2 Å². The van der Waals surface area contributed by atoms with E-state index in [1.807, 2.05) is 6.92 Å². The minimum Gasteiger partial charge on any atom is -0.338 e. The van der Waals surface area contributed by atoms with Crippen LogP contribution in [0.5, 0.6) is 0 Å². The number of likely N-dealkylation sites (tertiary alicyclic amines) is 1. The lowest BCUT2D eigenvalue weighted by molar-refractivity contribution is -0.132. The molecule has 1 N–H and O–H groups in total. The van der Waals surface area contributed by atoms with Crippen LogP contribution in [0.2, 0.25) is 0 Å². The zero-order chi connectivity index (χ0) is 9.26. The number of rotatable bonds is 1. The summed E-state index contributed by atoms with van der Waals surface area (Å²) in [6, 6.07) is 0.478. The number of amides is 1. The van der Waals surface area contributed by atoms with Crippen LogP contribution in [-0.2, 0) is 4.79 Å². The van der Waals surface area contributed by atoms with Crippen molar-refractivity contribution in [3.8, 4) is 0 Å². The smallest absolute Gasteiger partial charge is 0.225 e. The quantitative estimate of drug-likeness (QED) is 0.644. The van der Waals surface area contributed by atoms with Crippen LogP contribution >= 0.6 is 0 Å². The fourth-order valence-electron chi connectivity index (χ4n) is 2.31. The van der Waals surface area contributed by atoms with Gasteiger partial charge in [0.15, 0.2) is 0 Å². The molecular weight excluding hydrogens is 164 g/mol. The Hall–Kier alpha value is -0.570. The SMILES string of the molecule is CC1CCN([C@H]2CCCNC2)C1=O. The van der Waals surface area contributed by atoms with E-state index in [2.05, 4.69) is 10.2 Å². The molecule has 0 aliphatic carbocycles. The molecule has 1 amide bonds. The summed E-state index contributed by atoms with van der Waals surface area (Å²) in [5.41, 5.74) is 0. The minimum atomic E-state index is 0.266. The standard InChI is InChI=1S/C10H18N2O/c1-8-4-6-12(10(8)13)9-3-2-5-11-7-9/h8-9,11H,2-7H2,1H3/t8?,9-/m0/s1. The fourth-order valence-corrected chi connectivity index (χ4v) is 2.31. The highest BCUT2D eigenvalue weighted by Crippen LogP contribution is 2.22. The Morgan fingerprint density at radius 3 is 2.85 bits per heavy atom. The van der Waals surface area contributed by atoms with E-state index in [0.717, 1.165) is 26.1 Å². The molecule has 2 fully saturated rings. The van der Waals surface area contributed by atoms with Gasteiger partial charge in [-0.05, 0) is 25.8 Å². The molecule has 1 unspecified atom stereocenters. The van der Waals surface area contributed by atoms with Crippen molar-refractivity contribution in [3.05, 3.63) is 0 Å². The third-order valence-corrected chi connectivity index (χ3v) is 3.22. The molecule has 0 saturated carbocycles. The molecule has 2 heterocycles. The van der Waals surface area contributed by atoms with Crippen LogP contribution in [0.15, 0.2) is 0 Å². The lowest BCUT2D eigenvalue weighted by atomic mass is 10.1. The summed E-state index contributed by atoms with van der Waals surface area (Å²) in [5.74, 6) is 0.635. The molecule has 74 valence electrons. The molecule has 3 heteroatoms. The van der Waals surface area contributed by atoms with Gasteiger partial charge in [0, 0.05) is 25.0 Å². The summed E-state index contributed by atoms with van der Waals surface area (Å²) in [4.78, 5) is 13.8. The highest BCUT2D eigenvalue weighted by atomic mass is 16.2. The number of hydrogen-bond acceptors (Lipinski definition) is 2. The van der Waals surface area contributed by atoms with Gasteiger partial charge < -0.3 is 10.2 Å². The Morgan fingerprint density at radius 2 is 2.31 bits per heavy atom. The number of carbonyl (C=O) groups excluding carboxylic acids is 1. The molecule has 0 aromatic rings. The third kappa shape index (κ3) is 1.70. The highest BCUT2D eigenvalue weighted by molar-refractivity contribution is 5.80. The van der Waals surface area contributed by atoms with Crippen LogP contribution in [-0.4, -0.2) is 36.5 Å². The van der Waals surface area contributed by atoms with Crippen molar-refractivity contribution >= 4 is 5.91 Å². The summed E-state index contributed by atoms with van der Waals surface area (Å²) in [5, 5.41) is 3.35. The molecule has 2 rings (SSSR count). The van der Waals surface area contributed by atoms with E-state index in [4.69, 9.17) is 0 Å². The van der Waals surface area contributed by atoms with Crippen LogP contribution in [0.25, 0.3) is 0 Å². The number of nitrogens with one attached hydrogen (secondary N) is 1. The zero-order valence-corrected chi connectivity index (χ0v) is 8.25. The second-order valence-corrected chi connectivity index (χ2v) is 4.22. The maximum atomic E-state index is 11.7. The van der Waals surface area contributed by atoms with Gasteiger partial charge in [-0.15, -0.1) is 0 Å². The van der Waals surface area contributed by atoms with Crippen molar-refractivity contribution in [1.29, 1.82) is 0 Å². The van der Waals surface area contributed by atoms with E-state index in [1.54, 1.807) is 0 Å². The van der Waals surface area contributed by atoms with Crippen molar-refractivity contribution in [3.63, 3.8) is 0 Å². The van der Waals surface area contributed by atoms with Gasteiger partial charge in [0.05, 0.1) is 0 Å². The van der Waals surface area contributed by atoms with Gasteiger partial charge in [-0.1, -0.05) is 6.92 Å². The largest absolute Gasteiger partial charge is 0.338 e. The van der Waals surface area contributed by atoms with Crippen LogP contribution in [0.4, 0.5) is 0 Å². The number of nitrogens with zero attached hydrogens (tertiary/aromatic N) is 1. The number of carbonyl (C=O) groups is 1. The number of piperidine rings is 1. The molecule has 0 radical (unpaired) electrons. The average molecular weight is 182 g/mol. The van der Waals surface area contributed by atoms with Gasteiger partial charge in [0.1, 0.15) is 0 Å². The van der Waals surface area contributed by atoms with Crippen molar-refractivity contribution in [1.82, 2.24) is 10.2 Å². The van der Waals surface area contributed by atoms with Crippen molar-refractivity contribution in [2.75, 3.05) is 19.6 Å². The van der Waals surface area contributed by atoms with E-state index in [0.29, 0.717) is 11.9 Å². The van der Waals surface area contributed by atoms with E-state index >= 15 is 0 Å². The molecular formula is C10H18N2O. The monoisotopic (exact) mass is 182 g/mol. The summed E-state index contributed by atoms with van der Waals surface area (Å²) < 4.78 is 0. The van der Waals surface area contributed by atoms with Gasteiger partial charge >= 0.3 is 0 Å². The Balaban J connectivity index is 1.96. The number of hydrogen-bond donors (Lipinski definition) is 1. The Labute approximate surface area is 79.5 Å². The molecule has 0 aromatic carbocycles. The third-order valence-electron chi connectivity index (χ3n) is 3.22. The van der Waals surface area contributed by atoms with Crippen molar-refractivity contribution < 1.29 is 4.79 Å². The molecule has 3 nitrogen and oxygen atoms in total. The second kappa shape index (κ2) is 3.66. The Kier molecular flexibility index (Phi) is 2.54. The first-order chi connectivity index (χ1) is 6.29. The van der Waals surface area contributed by atoms with Gasteiger partial charge in [0.25, 0.3) is 0 Å². The maximum Gasteiger partial charge on any atom is 0.225 e. The van der Waals surface area contributed by atoms with Gasteiger partial charge in [0.2, 0.25) is 5.91 Å². The first-order valence-corrected chi connectivity index (χ1v) is 5.30. The summed E-state index contributed by atoms with van der Waals surface area (Å²) in [6.07, 6.45) is 3.45. The predicted molar refractivity (Wildman–Crippen MR) is 51.4 cm³/mol. The molecule has 0 aromatic heterocycles. The van der Waals surface area contributed by atoms with Crippen molar-refractivity contribution in [2.24, 2.45) is 5.92 Å². The fraction of sp³-hybridized carbons (Fsp3) is 0.900. The van der Waals surface area contributed by atoms with Gasteiger partial charge in [-0.2, -0.15) is 0 Å². The minimum absolute atomic E-state index is 0.266. The molecule has 2 saturated heterocycles. The van der Waals surface area contributed by atoms with E-state index in [1.165, 1.54) is 12.8 Å². The first kappa shape index (κ1) is 9.00. The van der Waals surface area contributed by atoms with Crippen LogP contribution in [0.3, 0.4) is 0 Å². The van der Waals surface area contributed by atoms with Gasteiger partial charge in [-0.3, -0.25) is 4.79 Å². The molecule has 2 aliphatic rings. The second-order valence-electron chi connectivity index (χ2n) is 4.22. The average Bonchev–Trinajstić information content (AvgIpc) is 2.49. The van der Waals surface area contributed by atoms with Crippen LogP contribution in [0.1, 0.15) is 26.2 Å². The molecule has 0 spiro atoms. The molecule has 0 bridgehead atoms. The first-order valence-electron chi connectivity index (χ1n) is 5.30. The van der Waals surface area contributed by atoms with Crippen LogP contribution in [0, 0.1) is 5.92 Å². The molecule has 2 aliphatic heterocycles.